The van der Waals surface area contributed by atoms with Gasteiger partial charge in [-0.3, -0.25) is 26.4 Å². The average Bonchev–Trinajstić information content (AvgIpc) is 3.35. The van der Waals surface area contributed by atoms with Gasteiger partial charge in [-0.15, -0.1) is 10.2 Å². The van der Waals surface area contributed by atoms with E-state index in [1.807, 2.05) is 65.6 Å². The monoisotopic (exact) mass is 417 g/mol. The van der Waals surface area contributed by atoms with E-state index >= 15 is 0 Å². The summed E-state index contributed by atoms with van der Waals surface area (Å²) in [7, 11) is 0. The van der Waals surface area contributed by atoms with Crippen LogP contribution in [0.2, 0.25) is 0 Å². The van der Waals surface area contributed by atoms with Gasteiger partial charge in [0.2, 0.25) is 5.95 Å². The van der Waals surface area contributed by atoms with Gasteiger partial charge in [0, 0.05) is 18.7 Å². The zero-order valence-corrected chi connectivity index (χ0v) is 17.7. The molecule has 4 rings (SSSR count). The molecule has 0 spiro atoms. The third-order valence-corrected chi connectivity index (χ3v) is 4.99. The summed E-state index contributed by atoms with van der Waals surface area (Å²) in [6.07, 6.45) is 0. The molecule has 2 aromatic heterocycles. The Morgan fingerprint density at radius 2 is 1.74 bits per heavy atom. The third-order valence-electron chi connectivity index (χ3n) is 4.99. The van der Waals surface area contributed by atoms with Crippen LogP contribution in [0.1, 0.15) is 23.7 Å². The largest absolute Gasteiger partial charge is 0.350 e. The van der Waals surface area contributed by atoms with Gasteiger partial charge in [0.05, 0.1) is 11.4 Å². The Bertz CT molecular complexity index is 1170. The normalized spacial score (nSPS) is 11.6. The van der Waals surface area contributed by atoms with Crippen LogP contribution >= 0.6 is 0 Å². The summed E-state index contributed by atoms with van der Waals surface area (Å²) >= 11 is 0. The van der Waals surface area contributed by atoms with Crippen LogP contribution in [0.5, 0.6) is 0 Å². The van der Waals surface area contributed by atoms with Crippen LogP contribution in [0, 0.1) is 6.92 Å². The molecule has 4 aromatic rings. The lowest BCUT2D eigenvalue weighted by atomic mass is 10.1. The van der Waals surface area contributed by atoms with Crippen LogP contribution in [0.25, 0.3) is 17.2 Å². The summed E-state index contributed by atoms with van der Waals surface area (Å²) in [5.74, 6) is -0.204. The van der Waals surface area contributed by atoms with E-state index in [0.717, 1.165) is 22.6 Å². The molecule has 0 aliphatic rings. The van der Waals surface area contributed by atoms with Crippen molar-refractivity contribution in [2.75, 3.05) is 5.32 Å². The first-order chi connectivity index (χ1) is 14.9. The highest BCUT2D eigenvalue weighted by molar-refractivity contribution is 5.60. The maximum Gasteiger partial charge on any atom is 0.229 e. The molecule has 31 heavy (non-hydrogen) atoms. The van der Waals surface area contributed by atoms with Crippen molar-refractivity contribution in [3.63, 3.8) is 0 Å². The Balaban J connectivity index is 1.82. The molecule has 9 nitrogen and oxygen atoms in total. The Labute approximate surface area is 180 Å². The zero-order chi connectivity index (χ0) is 22.0. The van der Waals surface area contributed by atoms with Gasteiger partial charge in [-0.05, 0) is 37.6 Å². The van der Waals surface area contributed by atoms with Crippen LogP contribution in [0.4, 0.5) is 5.95 Å². The lowest BCUT2D eigenvalue weighted by molar-refractivity contribution is 0.488. The van der Waals surface area contributed by atoms with Gasteiger partial charge in [-0.1, -0.05) is 42.5 Å². The van der Waals surface area contributed by atoms with Gasteiger partial charge < -0.3 is 5.32 Å². The van der Waals surface area contributed by atoms with E-state index < -0.39 is 5.79 Å². The second-order valence-corrected chi connectivity index (χ2v) is 7.49. The number of benzene rings is 2. The van der Waals surface area contributed by atoms with E-state index in [-0.39, 0.29) is 0 Å². The summed E-state index contributed by atoms with van der Waals surface area (Å²) in [6, 6.07) is 19.5. The van der Waals surface area contributed by atoms with Crippen LogP contribution in [-0.2, 0) is 18.9 Å². The number of rotatable bonds is 7. The molecule has 2 heterocycles. The molecule has 0 radical (unpaired) electrons. The van der Waals surface area contributed by atoms with Gasteiger partial charge >= 0.3 is 0 Å². The minimum atomic E-state index is -1.45. The van der Waals surface area contributed by atoms with Crippen molar-refractivity contribution >= 4 is 5.95 Å². The fourth-order valence-electron chi connectivity index (χ4n) is 3.47. The lowest BCUT2D eigenvalue weighted by Crippen LogP contribution is -2.54. The Hall–Kier alpha value is -3.53. The lowest BCUT2D eigenvalue weighted by Gasteiger charge is -2.20. The van der Waals surface area contributed by atoms with Crippen LogP contribution < -0.4 is 22.5 Å². The van der Waals surface area contributed by atoms with Gasteiger partial charge in [0.15, 0.2) is 5.82 Å². The summed E-state index contributed by atoms with van der Waals surface area (Å²) in [4.78, 5) is 0. The number of hydrogen-bond acceptors (Lipinski definition) is 7. The number of aryl methyl sites for hydroxylation is 2. The summed E-state index contributed by atoms with van der Waals surface area (Å²) < 4.78 is 3.83. The average molecular weight is 418 g/mol. The van der Waals surface area contributed by atoms with Gasteiger partial charge in [-0.25, -0.2) is 0 Å². The first-order valence-corrected chi connectivity index (χ1v) is 10.1. The second kappa shape index (κ2) is 8.31. The Kier molecular flexibility index (Phi) is 5.55. The number of anilines is 1. The van der Waals surface area contributed by atoms with Gasteiger partial charge in [0.1, 0.15) is 11.5 Å². The summed E-state index contributed by atoms with van der Waals surface area (Å²) in [5.41, 5.74) is 22.1. The van der Waals surface area contributed by atoms with Crippen molar-refractivity contribution in [3.8, 4) is 17.2 Å². The molecule has 0 aliphatic heterocycles. The molecular weight excluding hydrogens is 390 g/mol. The number of nitrogens with one attached hydrogen (secondary N) is 1. The number of hydrogen-bond donors (Lipinski definition) is 4. The molecule has 9 heteroatoms. The molecular formula is C22H27N9. The molecule has 0 atom stereocenters. The van der Waals surface area contributed by atoms with Crippen molar-refractivity contribution in [1.82, 2.24) is 24.5 Å². The predicted octanol–water partition coefficient (Wildman–Crippen LogP) is 2.06. The fourth-order valence-corrected chi connectivity index (χ4v) is 3.47. The van der Waals surface area contributed by atoms with Crippen LogP contribution in [0.3, 0.4) is 0 Å². The molecule has 0 unspecified atom stereocenters. The molecule has 0 saturated heterocycles. The van der Waals surface area contributed by atoms with E-state index in [4.69, 9.17) is 17.2 Å². The molecule has 7 N–H and O–H groups in total. The molecule has 0 amide bonds. The van der Waals surface area contributed by atoms with Crippen LogP contribution in [0.15, 0.2) is 60.7 Å². The number of nitrogens with zero attached hydrogens (tertiary/aromatic N) is 5. The molecule has 0 fully saturated rings. The van der Waals surface area contributed by atoms with Crippen molar-refractivity contribution in [2.45, 2.75) is 32.7 Å². The third kappa shape index (κ3) is 4.33. The van der Waals surface area contributed by atoms with Gasteiger partial charge in [0.25, 0.3) is 0 Å². The van der Waals surface area contributed by atoms with E-state index in [1.54, 1.807) is 6.07 Å². The van der Waals surface area contributed by atoms with E-state index in [1.165, 1.54) is 0 Å². The zero-order valence-electron chi connectivity index (χ0n) is 17.7. The first-order valence-electron chi connectivity index (χ1n) is 10.1. The topological polar surface area (TPSA) is 139 Å². The fraction of sp³-hybridized carbons (Fsp3) is 0.227. The maximum absolute atomic E-state index is 5.94. The quantitative estimate of drug-likeness (QED) is 0.338. The van der Waals surface area contributed by atoms with E-state index in [9.17, 15) is 0 Å². The molecule has 0 saturated carbocycles. The molecule has 2 aromatic carbocycles. The number of nitrogens with two attached hydrogens (primary N) is 3. The molecule has 160 valence electrons. The maximum atomic E-state index is 5.94. The van der Waals surface area contributed by atoms with Crippen molar-refractivity contribution in [3.05, 3.63) is 77.5 Å². The minimum Gasteiger partial charge on any atom is -0.350 e. The van der Waals surface area contributed by atoms with Crippen molar-refractivity contribution < 1.29 is 0 Å². The van der Waals surface area contributed by atoms with E-state index in [0.29, 0.717) is 30.4 Å². The minimum absolute atomic E-state index is 0.592. The highest BCUT2D eigenvalue weighted by atomic mass is 15.4. The first kappa shape index (κ1) is 20.7. The van der Waals surface area contributed by atoms with Gasteiger partial charge in [-0.2, -0.15) is 5.10 Å². The smallest absolute Gasteiger partial charge is 0.229 e. The number of aromatic nitrogens is 5. The Morgan fingerprint density at radius 3 is 2.45 bits per heavy atom. The highest BCUT2D eigenvalue weighted by Gasteiger charge is 2.22. The van der Waals surface area contributed by atoms with E-state index in [2.05, 4.69) is 32.7 Å². The summed E-state index contributed by atoms with van der Waals surface area (Å²) in [5, 5.41) is 16.9. The standard InChI is InChI=1S/C22H27N9/c1-3-30-19(12-15(2)29-30)20-27-28-21(26-14-16-8-5-4-6-9-16)31(20)18-11-7-10-17(13-18)22(23,24)25/h4-13H,3,14,23-25H2,1-2H3,(H,26,28). The van der Waals surface area contributed by atoms with Crippen molar-refractivity contribution in [1.29, 1.82) is 0 Å². The molecule has 0 aliphatic carbocycles. The second-order valence-electron chi connectivity index (χ2n) is 7.49. The van der Waals surface area contributed by atoms with Crippen molar-refractivity contribution in [2.24, 2.45) is 17.2 Å². The molecule has 0 bridgehead atoms. The van der Waals surface area contributed by atoms with Crippen LogP contribution in [-0.4, -0.2) is 24.5 Å². The SMILES string of the molecule is CCn1nc(C)cc1-c1nnc(NCc2ccccc2)n1-c1cccc(C(N)(N)N)c1. The highest BCUT2D eigenvalue weighted by Crippen LogP contribution is 2.27. The predicted molar refractivity (Wildman–Crippen MR) is 121 cm³/mol. The summed E-state index contributed by atoms with van der Waals surface area (Å²) in [6.45, 7) is 5.30. The Morgan fingerprint density at radius 1 is 0.968 bits per heavy atom.